The Labute approximate surface area is 205 Å². The standard InChI is InChI=1S/C27H30ClN3O3/c1-6-17-8-10-19(11-9-17)31-25(33)21(24(32)29-26(31)34)13-18-12-20-16(3)15-27(4,5)30(7-2)23(20)14-22(18)28/h8-14,16H,6-7,15H2,1-5H3,(H,29,32,34)/b21-13-. The fourth-order valence-electron chi connectivity index (χ4n) is 5.16. The molecule has 1 atom stereocenters. The average molecular weight is 480 g/mol. The highest BCUT2D eigenvalue weighted by Crippen LogP contribution is 2.45. The van der Waals surface area contributed by atoms with Crippen LogP contribution >= 0.6 is 11.6 Å². The first-order chi connectivity index (χ1) is 16.1. The number of benzene rings is 2. The fourth-order valence-corrected chi connectivity index (χ4v) is 5.37. The molecule has 2 aromatic rings. The van der Waals surface area contributed by atoms with Crippen LogP contribution in [0, 0.1) is 0 Å². The Morgan fingerprint density at radius 3 is 2.41 bits per heavy atom. The number of nitrogens with zero attached hydrogens (tertiary/aromatic N) is 2. The number of carbonyl (C=O) groups excluding carboxylic acids is 3. The van der Waals surface area contributed by atoms with E-state index in [-0.39, 0.29) is 17.0 Å². The smallest absolute Gasteiger partial charge is 0.335 e. The molecule has 1 N–H and O–H groups in total. The zero-order chi connectivity index (χ0) is 24.8. The van der Waals surface area contributed by atoms with Gasteiger partial charge >= 0.3 is 6.03 Å². The molecule has 1 fully saturated rings. The minimum atomic E-state index is -0.762. The van der Waals surface area contributed by atoms with E-state index < -0.39 is 17.8 Å². The summed E-state index contributed by atoms with van der Waals surface area (Å²) in [6.45, 7) is 11.6. The van der Waals surface area contributed by atoms with E-state index in [0.29, 0.717) is 16.3 Å². The molecule has 178 valence electrons. The van der Waals surface area contributed by atoms with Crippen molar-refractivity contribution in [2.24, 2.45) is 0 Å². The third kappa shape index (κ3) is 4.11. The van der Waals surface area contributed by atoms with Crippen molar-refractivity contribution < 1.29 is 14.4 Å². The largest absolute Gasteiger partial charge is 0.366 e. The Balaban J connectivity index is 1.75. The predicted octanol–water partition coefficient (Wildman–Crippen LogP) is 5.68. The molecule has 0 saturated carbocycles. The zero-order valence-corrected chi connectivity index (χ0v) is 21.0. The van der Waals surface area contributed by atoms with Crippen LogP contribution in [0.2, 0.25) is 5.02 Å². The first-order valence-electron chi connectivity index (χ1n) is 11.7. The molecule has 2 aliphatic heterocycles. The number of halogens is 1. The summed E-state index contributed by atoms with van der Waals surface area (Å²) in [6.07, 6.45) is 3.30. The number of barbiturate groups is 1. The Morgan fingerprint density at radius 1 is 1.12 bits per heavy atom. The summed E-state index contributed by atoms with van der Waals surface area (Å²) >= 11 is 6.66. The van der Waals surface area contributed by atoms with Gasteiger partial charge in [-0.3, -0.25) is 14.9 Å². The molecule has 4 amide bonds. The van der Waals surface area contributed by atoms with Gasteiger partial charge in [0.1, 0.15) is 5.57 Å². The molecular formula is C27H30ClN3O3. The number of carbonyl (C=O) groups is 3. The number of hydrogen-bond donors (Lipinski definition) is 1. The summed E-state index contributed by atoms with van der Waals surface area (Å²) in [5.41, 5.74) is 4.14. The highest BCUT2D eigenvalue weighted by molar-refractivity contribution is 6.40. The third-order valence-corrected chi connectivity index (χ3v) is 7.15. The number of nitrogens with one attached hydrogen (secondary N) is 1. The van der Waals surface area contributed by atoms with E-state index in [0.717, 1.165) is 41.1 Å². The van der Waals surface area contributed by atoms with Gasteiger partial charge in [-0.05, 0) is 86.6 Å². The number of imide groups is 2. The number of amides is 4. The van der Waals surface area contributed by atoms with Crippen molar-refractivity contribution in [3.63, 3.8) is 0 Å². The van der Waals surface area contributed by atoms with Crippen molar-refractivity contribution in [2.75, 3.05) is 16.3 Å². The van der Waals surface area contributed by atoms with Crippen LogP contribution in [-0.4, -0.2) is 29.9 Å². The van der Waals surface area contributed by atoms with Crippen molar-refractivity contribution in [3.8, 4) is 0 Å². The highest BCUT2D eigenvalue weighted by atomic mass is 35.5. The molecule has 0 radical (unpaired) electrons. The second kappa shape index (κ2) is 8.91. The van der Waals surface area contributed by atoms with Gasteiger partial charge in [0.15, 0.2) is 0 Å². The van der Waals surface area contributed by atoms with E-state index in [1.54, 1.807) is 12.1 Å². The van der Waals surface area contributed by atoms with Crippen molar-refractivity contribution in [2.45, 2.75) is 58.9 Å². The number of hydrogen-bond acceptors (Lipinski definition) is 4. The number of urea groups is 1. The molecule has 0 bridgehead atoms. The lowest BCUT2D eigenvalue weighted by atomic mass is 9.79. The quantitative estimate of drug-likeness (QED) is 0.452. The third-order valence-electron chi connectivity index (χ3n) is 6.82. The van der Waals surface area contributed by atoms with E-state index in [1.165, 1.54) is 6.08 Å². The molecule has 1 saturated heterocycles. The molecular weight excluding hydrogens is 450 g/mol. The SMILES string of the molecule is CCc1ccc(N2C(=O)NC(=O)/C(=C/c3cc4c(cc3Cl)N(CC)C(C)(C)CC4C)C2=O)cc1. The van der Waals surface area contributed by atoms with Gasteiger partial charge in [-0.15, -0.1) is 0 Å². The fraction of sp³-hybridized carbons (Fsp3) is 0.370. The van der Waals surface area contributed by atoms with Crippen LogP contribution < -0.4 is 15.1 Å². The molecule has 0 aliphatic carbocycles. The highest BCUT2D eigenvalue weighted by Gasteiger charge is 2.38. The Hall–Kier alpha value is -3.12. The van der Waals surface area contributed by atoms with Crippen LogP contribution in [0.15, 0.2) is 42.0 Å². The maximum Gasteiger partial charge on any atom is 0.335 e. The van der Waals surface area contributed by atoms with Crippen molar-refractivity contribution in [3.05, 3.63) is 63.7 Å². The molecule has 0 aromatic heterocycles. The van der Waals surface area contributed by atoms with Crippen LogP contribution in [0.1, 0.15) is 63.6 Å². The Morgan fingerprint density at radius 2 is 1.79 bits per heavy atom. The van der Waals surface area contributed by atoms with Crippen molar-refractivity contribution in [1.29, 1.82) is 0 Å². The van der Waals surface area contributed by atoms with Gasteiger partial charge < -0.3 is 4.90 Å². The summed E-state index contributed by atoms with van der Waals surface area (Å²) in [5, 5.41) is 2.73. The van der Waals surface area contributed by atoms with E-state index in [4.69, 9.17) is 11.6 Å². The lowest BCUT2D eigenvalue weighted by Crippen LogP contribution is -2.54. The zero-order valence-electron chi connectivity index (χ0n) is 20.2. The first kappa shape index (κ1) is 24.0. The first-order valence-corrected chi connectivity index (χ1v) is 12.1. The molecule has 2 heterocycles. The molecule has 4 rings (SSSR count). The Kier molecular flexibility index (Phi) is 6.30. The van der Waals surface area contributed by atoms with Crippen LogP contribution in [-0.2, 0) is 16.0 Å². The van der Waals surface area contributed by atoms with Crippen LogP contribution in [0.5, 0.6) is 0 Å². The summed E-state index contributed by atoms with van der Waals surface area (Å²) in [5.74, 6) is -1.11. The van der Waals surface area contributed by atoms with E-state index in [2.05, 4.69) is 37.9 Å². The van der Waals surface area contributed by atoms with E-state index >= 15 is 0 Å². The van der Waals surface area contributed by atoms with Gasteiger partial charge in [-0.1, -0.05) is 37.6 Å². The summed E-state index contributed by atoms with van der Waals surface area (Å²) < 4.78 is 0. The lowest BCUT2D eigenvalue weighted by Gasteiger charge is -2.47. The van der Waals surface area contributed by atoms with Gasteiger partial charge in [0, 0.05) is 22.8 Å². The summed E-state index contributed by atoms with van der Waals surface area (Å²) in [7, 11) is 0. The normalized spacial score (nSPS) is 21.1. The van der Waals surface area contributed by atoms with Gasteiger partial charge in [-0.25, -0.2) is 9.69 Å². The number of rotatable bonds is 4. The molecule has 7 heteroatoms. The molecule has 6 nitrogen and oxygen atoms in total. The summed E-state index contributed by atoms with van der Waals surface area (Å²) in [6, 6.07) is 10.3. The van der Waals surface area contributed by atoms with E-state index in [1.807, 2.05) is 31.2 Å². The number of anilines is 2. The molecule has 34 heavy (non-hydrogen) atoms. The second-order valence-corrected chi connectivity index (χ2v) is 9.98. The molecule has 2 aromatic carbocycles. The van der Waals surface area contributed by atoms with Crippen molar-refractivity contribution in [1.82, 2.24) is 5.32 Å². The van der Waals surface area contributed by atoms with Crippen LogP contribution in [0.3, 0.4) is 0 Å². The van der Waals surface area contributed by atoms with Gasteiger partial charge in [0.2, 0.25) is 0 Å². The number of aryl methyl sites for hydroxylation is 1. The van der Waals surface area contributed by atoms with Gasteiger partial charge in [0.05, 0.1) is 5.69 Å². The summed E-state index contributed by atoms with van der Waals surface area (Å²) in [4.78, 5) is 41.8. The van der Waals surface area contributed by atoms with Gasteiger partial charge in [0.25, 0.3) is 11.8 Å². The van der Waals surface area contributed by atoms with Crippen LogP contribution in [0.25, 0.3) is 6.08 Å². The second-order valence-electron chi connectivity index (χ2n) is 9.57. The maximum absolute atomic E-state index is 13.3. The number of fused-ring (bicyclic) bond motifs is 1. The topological polar surface area (TPSA) is 69.7 Å². The van der Waals surface area contributed by atoms with E-state index in [9.17, 15) is 14.4 Å². The average Bonchev–Trinajstić information content (AvgIpc) is 2.77. The monoisotopic (exact) mass is 479 g/mol. The minimum absolute atomic E-state index is 0.00210. The van der Waals surface area contributed by atoms with Gasteiger partial charge in [-0.2, -0.15) is 0 Å². The predicted molar refractivity (Wildman–Crippen MR) is 136 cm³/mol. The maximum atomic E-state index is 13.3. The Bertz CT molecular complexity index is 1200. The molecule has 0 spiro atoms. The lowest BCUT2D eigenvalue weighted by molar-refractivity contribution is -0.122. The minimum Gasteiger partial charge on any atom is -0.366 e. The van der Waals surface area contributed by atoms with Crippen LogP contribution in [0.4, 0.5) is 16.2 Å². The molecule has 2 aliphatic rings. The van der Waals surface area contributed by atoms with Crippen molar-refractivity contribution >= 4 is 46.9 Å². The molecule has 1 unspecified atom stereocenters.